The molecule has 2 rings (SSSR count). The summed E-state index contributed by atoms with van der Waals surface area (Å²) in [4.78, 5) is 14.0. The number of hydrogen-bond donors (Lipinski definition) is 1. The minimum Gasteiger partial charge on any atom is -0.325 e. The monoisotopic (exact) mass is 291 g/mol. The van der Waals surface area contributed by atoms with Gasteiger partial charge in [-0.25, -0.2) is 0 Å². The lowest BCUT2D eigenvalue weighted by Gasteiger charge is -2.25. The molecule has 1 saturated carbocycles. The molecule has 1 aliphatic carbocycles. The number of hydrogen-bond acceptors (Lipinski definition) is 3. The highest BCUT2D eigenvalue weighted by Gasteiger charge is 2.24. The lowest BCUT2D eigenvalue weighted by molar-refractivity contribution is -0.117. The summed E-state index contributed by atoms with van der Waals surface area (Å²) in [7, 11) is 0. The van der Waals surface area contributed by atoms with Crippen molar-refractivity contribution in [2.75, 3.05) is 18.4 Å². The van der Waals surface area contributed by atoms with Crippen LogP contribution in [0.15, 0.2) is 24.3 Å². The number of rotatable bonds is 5. The Kier molecular flexibility index (Phi) is 5.40. The smallest absolute Gasteiger partial charge is 0.238 e. The van der Waals surface area contributed by atoms with Gasteiger partial charge in [-0.2, -0.15) is 5.26 Å². The molecule has 0 aliphatic heterocycles. The van der Waals surface area contributed by atoms with Gasteiger partial charge in [0.15, 0.2) is 0 Å². The molecule has 0 atom stereocenters. The zero-order valence-corrected chi connectivity index (χ0v) is 12.1. The van der Waals surface area contributed by atoms with Crippen molar-refractivity contribution in [1.82, 2.24) is 4.90 Å². The average Bonchev–Trinajstić information content (AvgIpc) is 2.95. The molecule has 1 aromatic carbocycles. The van der Waals surface area contributed by atoms with E-state index >= 15 is 0 Å². The van der Waals surface area contributed by atoms with Crippen LogP contribution in [0, 0.1) is 11.3 Å². The number of benzene rings is 1. The summed E-state index contributed by atoms with van der Waals surface area (Å²) >= 11 is 5.80. The predicted molar refractivity (Wildman–Crippen MR) is 79.5 cm³/mol. The molecule has 0 radical (unpaired) electrons. The molecule has 0 bridgehead atoms. The molecule has 0 aromatic heterocycles. The second-order valence-corrected chi connectivity index (χ2v) is 5.49. The summed E-state index contributed by atoms with van der Waals surface area (Å²) in [5.74, 6) is -0.0885. The Morgan fingerprint density at radius 1 is 1.35 bits per heavy atom. The van der Waals surface area contributed by atoms with Gasteiger partial charge in [-0.1, -0.05) is 24.4 Å². The fourth-order valence-electron chi connectivity index (χ4n) is 2.59. The van der Waals surface area contributed by atoms with Crippen LogP contribution >= 0.6 is 11.6 Å². The van der Waals surface area contributed by atoms with Crippen molar-refractivity contribution in [3.8, 4) is 6.07 Å². The van der Waals surface area contributed by atoms with E-state index in [9.17, 15) is 4.79 Å². The maximum atomic E-state index is 12.0. The van der Waals surface area contributed by atoms with Crippen molar-refractivity contribution in [2.24, 2.45) is 0 Å². The van der Waals surface area contributed by atoms with Crippen LogP contribution in [-0.2, 0) is 4.79 Å². The summed E-state index contributed by atoms with van der Waals surface area (Å²) in [5.41, 5.74) is 0.725. The molecule has 1 aliphatic rings. The van der Waals surface area contributed by atoms with E-state index in [1.807, 2.05) is 4.90 Å². The Morgan fingerprint density at radius 2 is 2.00 bits per heavy atom. The lowest BCUT2D eigenvalue weighted by atomic mass is 10.2. The molecule has 0 heterocycles. The standard InChI is InChI=1S/C15H18ClN3O/c16-12-5-7-13(8-6-12)18-15(20)11-19(10-9-17)14-3-1-2-4-14/h5-8,14H,1-4,10-11H2,(H,18,20). The van der Waals surface area contributed by atoms with Gasteiger partial charge in [0, 0.05) is 16.8 Å². The summed E-state index contributed by atoms with van der Waals surface area (Å²) in [6.07, 6.45) is 4.53. The quantitative estimate of drug-likeness (QED) is 0.848. The molecular weight excluding hydrogens is 274 g/mol. The normalized spacial score (nSPS) is 15.2. The fraction of sp³-hybridized carbons (Fsp3) is 0.467. The van der Waals surface area contributed by atoms with Gasteiger partial charge in [0.05, 0.1) is 19.2 Å². The second-order valence-electron chi connectivity index (χ2n) is 5.06. The SMILES string of the molecule is N#CCN(CC(=O)Nc1ccc(Cl)cc1)C1CCCC1. The highest BCUT2D eigenvalue weighted by molar-refractivity contribution is 6.30. The summed E-state index contributed by atoms with van der Waals surface area (Å²) in [5, 5.41) is 12.4. The van der Waals surface area contributed by atoms with Crippen LogP contribution in [0.5, 0.6) is 0 Å². The molecule has 1 fully saturated rings. The highest BCUT2D eigenvalue weighted by atomic mass is 35.5. The van der Waals surface area contributed by atoms with E-state index in [-0.39, 0.29) is 12.5 Å². The number of nitrogens with zero attached hydrogens (tertiary/aromatic N) is 2. The molecular formula is C15H18ClN3O. The third-order valence-electron chi connectivity index (χ3n) is 3.59. The van der Waals surface area contributed by atoms with Gasteiger partial charge in [0.25, 0.3) is 0 Å². The predicted octanol–water partition coefficient (Wildman–Crippen LogP) is 3.05. The molecule has 4 nitrogen and oxygen atoms in total. The van der Waals surface area contributed by atoms with Gasteiger partial charge in [0.1, 0.15) is 0 Å². The number of nitrogens with one attached hydrogen (secondary N) is 1. The molecule has 20 heavy (non-hydrogen) atoms. The Balaban J connectivity index is 1.90. The fourth-order valence-corrected chi connectivity index (χ4v) is 2.72. The molecule has 0 unspecified atom stereocenters. The van der Waals surface area contributed by atoms with Crippen molar-refractivity contribution in [3.05, 3.63) is 29.3 Å². The van der Waals surface area contributed by atoms with Gasteiger partial charge >= 0.3 is 0 Å². The van der Waals surface area contributed by atoms with Crippen LogP contribution in [0.25, 0.3) is 0 Å². The molecule has 1 aromatic rings. The molecule has 0 spiro atoms. The first-order chi connectivity index (χ1) is 9.69. The summed E-state index contributed by atoms with van der Waals surface area (Å²) < 4.78 is 0. The molecule has 106 valence electrons. The van der Waals surface area contributed by atoms with Crippen LogP contribution in [0.3, 0.4) is 0 Å². The van der Waals surface area contributed by atoms with Crippen molar-refractivity contribution < 1.29 is 4.79 Å². The summed E-state index contributed by atoms with van der Waals surface area (Å²) in [6.45, 7) is 0.569. The van der Waals surface area contributed by atoms with E-state index in [0.717, 1.165) is 18.5 Å². The van der Waals surface area contributed by atoms with Gasteiger partial charge in [0.2, 0.25) is 5.91 Å². The molecule has 5 heteroatoms. The van der Waals surface area contributed by atoms with Crippen LogP contribution in [0.4, 0.5) is 5.69 Å². The topological polar surface area (TPSA) is 56.1 Å². The summed E-state index contributed by atoms with van der Waals surface area (Å²) in [6, 6.07) is 9.53. The number of amides is 1. The Hall–Kier alpha value is -1.57. The zero-order chi connectivity index (χ0) is 14.4. The number of halogens is 1. The Bertz CT molecular complexity index is 489. The minimum atomic E-state index is -0.0885. The Morgan fingerprint density at radius 3 is 2.60 bits per heavy atom. The van der Waals surface area contributed by atoms with E-state index < -0.39 is 0 Å². The minimum absolute atomic E-state index is 0.0885. The highest BCUT2D eigenvalue weighted by Crippen LogP contribution is 2.23. The van der Waals surface area contributed by atoms with Crippen molar-refractivity contribution in [3.63, 3.8) is 0 Å². The first-order valence-electron chi connectivity index (χ1n) is 6.85. The van der Waals surface area contributed by atoms with Crippen LogP contribution in [0.1, 0.15) is 25.7 Å². The third-order valence-corrected chi connectivity index (χ3v) is 3.84. The largest absolute Gasteiger partial charge is 0.325 e. The van der Waals surface area contributed by atoms with Gasteiger partial charge in [-0.3, -0.25) is 9.69 Å². The number of carbonyl (C=O) groups excluding carboxylic acids is 1. The number of anilines is 1. The van der Waals surface area contributed by atoms with Gasteiger partial charge in [-0.15, -0.1) is 0 Å². The first kappa shape index (κ1) is 14.8. The van der Waals surface area contributed by atoms with E-state index in [4.69, 9.17) is 16.9 Å². The van der Waals surface area contributed by atoms with E-state index in [2.05, 4.69) is 11.4 Å². The first-order valence-corrected chi connectivity index (χ1v) is 7.23. The third kappa shape index (κ3) is 4.22. The van der Waals surface area contributed by atoms with Gasteiger partial charge < -0.3 is 5.32 Å². The molecule has 1 amide bonds. The van der Waals surface area contributed by atoms with E-state index in [1.54, 1.807) is 24.3 Å². The zero-order valence-electron chi connectivity index (χ0n) is 11.3. The average molecular weight is 292 g/mol. The van der Waals surface area contributed by atoms with E-state index in [1.165, 1.54) is 12.8 Å². The Labute approximate surface area is 124 Å². The van der Waals surface area contributed by atoms with Crippen molar-refractivity contribution >= 4 is 23.2 Å². The van der Waals surface area contributed by atoms with Crippen LogP contribution in [0.2, 0.25) is 5.02 Å². The second kappa shape index (κ2) is 7.28. The van der Waals surface area contributed by atoms with Crippen LogP contribution in [-0.4, -0.2) is 29.9 Å². The van der Waals surface area contributed by atoms with E-state index in [0.29, 0.717) is 17.6 Å². The van der Waals surface area contributed by atoms with Gasteiger partial charge in [-0.05, 0) is 37.1 Å². The van der Waals surface area contributed by atoms with Crippen molar-refractivity contribution in [1.29, 1.82) is 5.26 Å². The number of carbonyl (C=O) groups is 1. The van der Waals surface area contributed by atoms with Crippen molar-refractivity contribution in [2.45, 2.75) is 31.7 Å². The molecule has 1 N–H and O–H groups in total. The maximum Gasteiger partial charge on any atom is 0.238 e. The lowest BCUT2D eigenvalue weighted by Crippen LogP contribution is -2.39. The number of nitriles is 1. The van der Waals surface area contributed by atoms with Crippen LogP contribution < -0.4 is 5.32 Å². The maximum absolute atomic E-state index is 12.0. The molecule has 0 saturated heterocycles.